The highest BCUT2D eigenvalue weighted by molar-refractivity contribution is 5.87. The van der Waals surface area contributed by atoms with Gasteiger partial charge < -0.3 is 10.1 Å². The maximum Gasteiger partial charge on any atom is 0.358 e. The largest absolute Gasteiger partial charge is 0.464 e. The van der Waals surface area contributed by atoms with Gasteiger partial charge in [-0.3, -0.25) is 4.98 Å². The second-order valence-electron chi connectivity index (χ2n) is 4.56. The number of rotatable bonds is 4. The van der Waals surface area contributed by atoms with Crippen LogP contribution in [0.1, 0.15) is 34.6 Å². The van der Waals surface area contributed by atoms with Crippen molar-refractivity contribution in [2.45, 2.75) is 19.9 Å². The lowest BCUT2D eigenvalue weighted by atomic mass is 10.1. The quantitative estimate of drug-likeness (QED) is 0.866. The Morgan fingerprint density at radius 2 is 1.95 bits per heavy atom. The predicted molar refractivity (Wildman–Crippen MR) is 76.6 cm³/mol. The molecule has 0 fully saturated rings. The van der Waals surface area contributed by atoms with Gasteiger partial charge in [-0.1, -0.05) is 29.8 Å². The Morgan fingerprint density at radius 3 is 2.60 bits per heavy atom. The van der Waals surface area contributed by atoms with Gasteiger partial charge in [-0.05, 0) is 19.4 Å². The lowest BCUT2D eigenvalue weighted by molar-refractivity contribution is 0.0593. The van der Waals surface area contributed by atoms with Gasteiger partial charge in [-0.25, -0.2) is 9.78 Å². The van der Waals surface area contributed by atoms with Crippen molar-refractivity contribution in [2.75, 3.05) is 12.4 Å². The minimum atomic E-state index is -0.496. The van der Waals surface area contributed by atoms with Crippen molar-refractivity contribution in [2.24, 2.45) is 0 Å². The van der Waals surface area contributed by atoms with Crippen LogP contribution in [0.3, 0.4) is 0 Å². The fraction of sp³-hybridized carbons (Fsp3) is 0.267. The summed E-state index contributed by atoms with van der Waals surface area (Å²) in [6.07, 6.45) is 2.96. The smallest absolute Gasteiger partial charge is 0.358 e. The van der Waals surface area contributed by atoms with E-state index in [4.69, 9.17) is 0 Å². The number of benzene rings is 1. The number of carbonyl (C=O) groups excluding carboxylic acids is 1. The van der Waals surface area contributed by atoms with E-state index in [1.54, 1.807) is 6.20 Å². The van der Waals surface area contributed by atoms with Crippen LogP contribution in [0.2, 0.25) is 0 Å². The number of aromatic nitrogens is 2. The third kappa shape index (κ3) is 3.32. The van der Waals surface area contributed by atoms with Crippen LogP contribution in [-0.4, -0.2) is 23.0 Å². The zero-order valence-corrected chi connectivity index (χ0v) is 11.8. The molecule has 1 N–H and O–H groups in total. The second kappa shape index (κ2) is 6.14. The summed E-state index contributed by atoms with van der Waals surface area (Å²) in [5.41, 5.74) is 2.54. The summed E-state index contributed by atoms with van der Waals surface area (Å²) >= 11 is 0. The van der Waals surface area contributed by atoms with Gasteiger partial charge in [0.15, 0.2) is 5.69 Å². The van der Waals surface area contributed by atoms with E-state index in [1.165, 1.54) is 18.9 Å². The van der Waals surface area contributed by atoms with Crippen LogP contribution in [0.5, 0.6) is 0 Å². The van der Waals surface area contributed by atoms with Crippen molar-refractivity contribution in [3.05, 3.63) is 53.5 Å². The lowest BCUT2D eigenvalue weighted by Gasteiger charge is -2.15. The first-order chi connectivity index (χ1) is 9.60. The molecule has 0 saturated carbocycles. The van der Waals surface area contributed by atoms with Crippen LogP contribution in [0.25, 0.3) is 0 Å². The Balaban J connectivity index is 2.13. The summed E-state index contributed by atoms with van der Waals surface area (Å²) in [7, 11) is 1.32. The molecule has 0 radical (unpaired) electrons. The number of anilines is 1. The fourth-order valence-corrected chi connectivity index (χ4v) is 1.80. The molecule has 0 aliphatic heterocycles. The minimum absolute atomic E-state index is 0.0674. The Morgan fingerprint density at radius 1 is 1.25 bits per heavy atom. The number of methoxy groups -OCH3 is 1. The summed E-state index contributed by atoms with van der Waals surface area (Å²) in [5.74, 6) is 0.0464. The Hall–Kier alpha value is -2.43. The van der Waals surface area contributed by atoms with Crippen LogP contribution >= 0.6 is 0 Å². The van der Waals surface area contributed by atoms with E-state index in [0.29, 0.717) is 5.82 Å². The summed E-state index contributed by atoms with van der Waals surface area (Å²) in [5, 5.41) is 3.22. The van der Waals surface area contributed by atoms with Crippen molar-refractivity contribution in [1.82, 2.24) is 9.97 Å². The number of hydrogen-bond donors (Lipinski definition) is 1. The first kappa shape index (κ1) is 14.0. The molecular weight excluding hydrogens is 254 g/mol. The molecule has 5 heteroatoms. The van der Waals surface area contributed by atoms with Crippen molar-refractivity contribution in [3.8, 4) is 0 Å². The monoisotopic (exact) mass is 271 g/mol. The van der Waals surface area contributed by atoms with Gasteiger partial charge in [0.2, 0.25) is 0 Å². The highest BCUT2D eigenvalue weighted by Crippen LogP contribution is 2.18. The fourth-order valence-electron chi connectivity index (χ4n) is 1.80. The van der Waals surface area contributed by atoms with E-state index in [-0.39, 0.29) is 11.7 Å². The molecule has 20 heavy (non-hydrogen) atoms. The Kier molecular flexibility index (Phi) is 4.30. The van der Waals surface area contributed by atoms with Gasteiger partial charge in [0.1, 0.15) is 5.82 Å². The number of aryl methyl sites for hydroxylation is 1. The van der Waals surface area contributed by atoms with Crippen LogP contribution < -0.4 is 5.32 Å². The molecular formula is C15H17N3O2. The van der Waals surface area contributed by atoms with Crippen molar-refractivity contribution < 1.29 is 9.53 Å². The topological polar surface area (TPSA) is 64.1 Å². The maximum atomic E-state index is 11.4. The van der Waals surface area contributed by atoms with Crippen LogP contribution in [0.15, 0.2) is 36.7 Å². The number of hydrogen-bond acceptors (Lipinski definition) is 5. The molecule has 1 aromatic carbocycles. The highest BCUT2D eigenvalue weighted by atomic mass is 16.5. The average molecular weight is 271 g/mol. The summed E-state index contributed by atoms with van der Waals surface area (Å²) in [4.78, 5) is 19.6. The normalized spacial score (nSPS) is 11.8. The number of nitrogens with zero attached hydrogens (tertiary/aromatic N) is 2. The van der Waals surface area contributed by atoms with Gasteiger partial charge in [-0.15, -0.1) is 0 Å². The van der Waals surface area contributed by atoms with Crippen molar-refractivity contribution in [3.63, 3.8) is 0 Å². The first-order valence-corrected chi connectivity index (χ1v) is 6.33. The summed E-state index contributed by atoms with van der Waals surface area (Å²) in [6, 6.07) is 8.31. The average Bonchev–Trinajstić information content (AvgIpc) is 2.47. The molecule has 5 nitrogen and oxygen atoms in total. The van der Waals surface area contributed by atoms with Gasteiger partial charge >= 0.3 is 5.97 Å². The molecule has 0 bridgehead atoms. The minimum Gasteiger partial charge on any atom is -0.464 e. The summed E-state index contributed by atoms with van der Waals surface area (Å²) in [6.45, 7) is 4.07. The third-order valence-electron chi connectivity index (χ3n) is 2.97. The van der Waals surface area contributed by atoms with E-state index in [1.807, 2.05) is 13.8 Å². The highest BCUT2D eigenvalue weighted by Gasteiger charge is 2.10. The lowest BCUT2D eigenvalue weighted by Crippen LogP contribution is -2.11. The standard InChI is InChI=1S/C15H17N3O2/c1-10-4-6-12(7-5-10)11(2)17-14-9-16-8-13(18-14)15(19)20-3/h4-9,11H,1-3H3,(H,17,18). The molecule has 1 heterocycles. The molecule has 2 rings (SSSR count). The molecule has 0 aliphatic carbocycles. The van der Waals surface area contributed by atoms with Gasteiger partial charge in [-0.2, -0.15) is 0 Å². The molecule has 1 unspecified atom stereocenters. The molecule has 104 valence electrons. The van der Waals surface area contributed by atoms with Crippen LogP contribution in [0, 0.1) is 6.92 Å². The van der Waals surface area contributed by atoms with E-state index >= 15 is 0 Å². The SMILES string of the molecule is COC(=O)c1cncc(NC(C)c2ccc(C)cc2)n1. The molecule has 0 saturated heterocycles. The number of nitrogens with one attached hydrogen (secondary N) is 1. The van der Waals surface area contributed by atoms with E-state index in [2.05, 4.69) is 44.3 Å². The number of carbonyl (C=O) groups is 1. The number of ether oxygens (including phenoxy) is 1. The molecule has 1 atom stereocenters. The molecule has 0 amide bonds. The van der Waals surface area contributed by atoms with Crippen LogP contribution in [-0.2, 0) is 4.74 Å². The Bertz CT molecular complexity index is 596. The van der Waals surface area contributed by atoms with Gasteiger partial charge in [0.05, 0.1) is 19.5 Å². The van der Waals surface area contributed by atoms with Crippen LogP contribution in [0.4, 0.5) is 5.82 Å². The molecule has 2 aromatic rings. The van der Waals surface area contributed by atoms with E-state index < -0.39 is 5.97 Å². The molecule has 0 spiro atoms. The zero-order valence-electron chi connectivity index (χ0n) is 11.8. The molecule has 1 aromatic heterocycles. The molecule has 0 aliphatic rings. The van der Waals surface area contributed by atoms with Crippen molar-refractivity contribution >= 4 is 11.8 Å². The van der Waals surface area contributed by atoms with Gasteiger partial charge in [0, 0.05) is 6.04 Å². The second-order valence-corrected chi connectivity index (χ2v) is 4.56. The van der Waals surface area contributed by atoms with Gasteiger partial charge in [0.25, 0.3) is 0 Å². The van der Waals surface area contributed by atoms with E-state index in [0.717, 1.165) is 5.56 Å². The third-order valence-corrected chi connectivity index (χ3v) is 2.97. The summed E-state index contributed by atoms with van der Waals surface area (Å²) < 4.78 is 4.62. The van der Waals surface area contributed by atoms with Crippen molar-refractivity contribution in [1.29, 1.82) is 0 Å². The van der Waals surface area contributed by atoms with E-state index in [9.17, 15) is 4.79 Å². The zero-order chi connectivity index (χ0) is 14.5. The predicted octanol–water partition coefficient (Wildman–Crippen LogP) is 2.74. The number of esters is 1. The first-order valence-electron chi connectivity index (χ1n) is 6.33. The Labute approximate surface area is 118 Å². The maximum absolute atomic E-state index is 11.4.